The SMILES string of the molecule is CC(C)N(C)C(=O)CCc1ccccc1C(=O)O. The molecule has 1 aromatic carbocycles. The van der Waals surface area contributed by atoms with Gasteiger partial charge in [-0.3, -0.25) is 4.79 Å². The Morgan fingerprint density at radius 1 is 1.28 bits per heavy atom. The lowest BCUT2D eigenvalue weighted by Crippen LogP contribution is -2.33. The lowest BCUT2D eigenvalue weighted by molar-refractivity contribution is -0.131. The number of nitrogens with zero attached hydrogens (tertiary/aromatic N) is 1. The van der Waals surface area contributed by atoms with Crippen LogP contribution in [0.2, 0.25) is 0 Å². The van der Waals surface area contributed by atoms with E-state index in [2.05, 4.69) is 0 Å². The van der Waals surface area contributed by atoms with Gasteiger partial charge in [0.2, 0.25) is 5.91 Å². The first kappa shape index (κ1) is 14.2. The van der Waals surface area contributed by atoms with Gasteiger partial charge in [-0.15, -0.1) is 0 Å². The molecular weight excluding hydrogens is 230 g/mol. The highest BCUT2D eigenvalue weighted by Gasteiger charge is 2.14. The molecule has 1 rings (SSSR count). The molecule has 0 saturated carbocycles. The van der Waals surface area contributed by atoms with Gasteiger partial charge < -0.3 is 10.0 Å². The molecule has 0 fully saturated rings. The van der Waals surface area contributed by atoms with E-state index in [0.717, 1.165) is 0 Å². The molecule has 0 aliphatic heterocycles. The van der Waals surface area contributed by atoms with Gasteiger partial charge in [-0.05, 0) is 31.9 Å². The van der Waals surface area contributed by atoms with Crippen LogP contribution >= 0.6 is 0 Å². The number of aryl methyl sites for hydroxylation is 1. The predicted molar refractivity (Wildman–Crippen MR) is 69.6 cm³/mol. The molecule has 0 saturated heterocycles. The van der Waals surface area contributed by atoms with Crippen molar-refractivity contribution in [1.29, 1.82) is 0 Å². The summed E-state index contributed by atoms with van der Waals surface area (Å²) in [5.41, 5.74) is 0.980. The van der Waals surface area contributed by atoms with Crippen LogP contribution in [0.3, 0.4) is 0 Å². The number of benzene rings is 1. The smallest absolute Gasteiger partial charge is 0.335 e. The summed E-state index contributed by atoms with van der Waals surface area (Å²) in [6, 6.07) is 6.96. The maximum absolute atomic E-state index is 11.8. The summed E-state index contributed by atoms with van der Waals surface area (Å²) in [4.78, 5) is 24.5. The van der Waals surface area contributed by atoms with Crippen LogP contribution < -0.4 is 0 Å². The van der Waals surface area contributed by atoms with Gasteiger partial charge in [0.05, 0.1) is 5.56 Å². The average molecular weight is 249 g/mol. The number of aromatic carboxylic acids is 1. The molecule has 0 bridgehead atoms. The van der Waals surface area contributed by atoms with Crippen molar-refractivity contribution in [2.24, 2.45) is 0 Å². The molecule has 1 amide bonds. The van der Waals surface area contributed by atoms with Crippen LogP contribution in [-0.4, -0.2) is 35.0 Å². The van der Waals surface area contributed by atoms with Gasteiger partial charge in [0.25, 0.3) is 0 Å². The Balaban J connectivity index is 2.70. The third-order valence-electron chi connectivity index (χ3n) is 3.02. The van der Waals surface area contributed by atoms with Gasteiger partial charge in [-0.2, -0.15) is 0 Å². The van der Waals surface area contributed by atoms with Gasteiger partial charge in [0.1, 0.15) is 0 Å². The fraction of sp³-hybridized carbons (Fsp3) is 0.429. The Bertz CT molecular complexity index is 440. The predicted octanol–water partition coefficient (Wildman–Crippen LogP) is 2.18. The number of carbonyl (C=O) groups excluding carboxylic acids is 1. The third-order valence-corrected chi connectivity index (χ3v) is 3.02. The molecule has 18 heavy (non-hydrogen) atoms. The minimum atomic E-state index is -0.949. The Morgan fingerprint density at radius 2 is 1.89 bits per heavy atom. The number of rotatable bonds is 5. The molecule has 0 aromatic heterocycles. The van der Waals surface area contributed by atoms with Gasteiger partial charge in [-0.25, -0.2) is 4.79 Å². The zero-order valence-electron chi connectivity index (χ0n) is 11.0. The second-order valence-electron chi connectivity index (χ2n) is 4.56. The van der Waals surface area contributed by atoms with Gasteiger partial charge in [0, 0.05) is 19.5 Å². The Morgan fingerprint density at radius 3 is 2.44 bits per heavy atom. The molecular formula is C14H19NO3. The zero-order valence-corrected chi connectivity index (χ0v) is 11.0. The molecule has 0 aliphatic carbocycles. The number of carbonyl (C=O) groups is 2. The van der Waals surface area contributed by atoms with Crippen molar-refractivity contribution in [3.8, 4) is 0 Å². The number of hydrogen-bond acceptors (Lipinski definition) is 2. The summed E-state index contributed by atoms with van der Waals surface area (Å²) in [5.74, 6) is -0.916. The van der Waals surface area contributed by atoms with E-state index < -0.39 is 5.97 Å². The van der Waals surface area contributed by atoms with Crippen LogP contribution in [-0.2, 0) is 11.2 Å². The van der Waals surface area contributed by atoms with E-state index in [9.17, 15) is 9.59 Å². The topological polar surface area (TPSA) is 57.6 Å². The molecule has 0 aliphatic rings. The highest BCUT2D eigenvalue weighted by atomic mass is 16.4. The zero-order chi connectivity index (χ0) is 13.7. The van der Waals surface area contributed by atoms with Crippen molar-refractivity contribution < 1.29 is 14.7 Å². The van der Waals surface area contributed by atoms with Crippen molar-refractivity contribution in [2.45, 2.75) is 32.7 Å². The summed E-state index contributed by atoms with van der Waals surface area (Å²) in [5, 5.41) is 9.03. The number of amides is 1. The van der Waals surface area contributed by atoms with Crippen LogP contribution in [0.1, 0.15) is 36.2 Å². The molecule has 4 heteroatoms. The number of carboxylic acid groups (broad SMARTS) is 1. The molecule has 0 unspecified atom stereocenters. The maximum atomic E-state index is 11.8. The van der Waals surface area contributed by atoms with Crippen molar-refractivity contribution in [2.75, 3.05) is 7.05 Å². The average Bonchev–Trinajstić information content (AvgIpc) is 2.35. The summed E-state index contributed by atoms with van der Waals surface area (Å²) in [6.45, 7) is 3.90. The van der Waals surface area contributed by atoms with E-state index in [-0.39, 0.29) is 17.5 Å². The van der Waals surface area contributed by atoms with Crippen LogP contribution in [0, 0.1) is 0 Å². The second kappa shape index (κ2) is 6.19. The monoisotopic (exact) mass is 249 g/mol. The highest BCUT2D eigenvalue weighted by Crippen LogP contribution is 2.12. The highest BCUT2D eigenvalue weighted by molar-refractivity contribution is 5.89. The first-order valence-corrected chi connectivity index (χ1v) is 6.00. The van der Waals surface area contributed by atoms with Crippen molar-refractivity contribution in [1.82, 2.24) is 4.90 Å². The molecule has 98 valence electrons. The van der Waals surface area contributed by atoms with Crippen molar-refractivity contribution in [3.63, 3.8) is 0 Å². The molecule has 0 spiro atoms. The van der Waals surface area contributed by atoms with Crippen LogP contribution in [0.15, 0.2) is 24.3 Å². The summed E-state index contributed by atoms with van der Waals surface area (Å²) in [6.07, 6.45) is 0.789. The van der Waals surface area contributed by atoms with Crippen LogP contribution in [0.5, 0.6) is 0 Å². The standard InChI is InChI=1S/C14H19NO3/c1-10(2)15(3)13(16)9-8-11-6-4-5-7-12(11)14(17)18/h4-7,10H,8-9H2,1-3H3,(H,17,18). The van der Waals surface area contributed by atoms with E-state index in [0.29, 0.717) is 18.4 Å². The fourth-order valence-electron chi connectivity index (χ4n) is 1.65. The minimum Gasteiger partial charge on any atom is -0.478 e. The van der Waals surface area contributed by atoms with E-state index in [1.165, 1.54) is 0 Å². The Hall–Kier alpha value is -1.84. The quantitative estimate of drug-likeness (QED) is 0.870. The molecule has 0 heterocycles. The van der Waals surface area contributed by atoms with E-state index in [1.807, 2.05) is 13.8 Å². The van der Waals surface area contributed by atoms with E-state index in [1.54, 1.807) is 36.2 Å². The molecule has 0 atom stereocenters. The van der Waals surface area contributed by atoms with E-state index in [4.69, 9.17) is 5.11 Å². The first-order chi connectivity index (χ1) is 8.43. The van der Waals surface area contributed by atoms with Gasteiger partial charge in [-0.1, -0.05) is 18.2 Å². The summed E-state index contributed by atoms with van der Waals surface area (Å²) >= 11 is 0. The summed E-state index contributed by atoms with van der Waals surface area (Å²) < 4.78 is 0. The first-order valence-electron chi connectivity index (χ1n) is 6.00. The Kier molecular flexibility index (Phi) is 4.89. The Labute approximate surface area is 107 Å². The maximum Gasteiger partial charge on any atom is 0.335 e. The van der Waals surface area contributed by atoms with Gasteiger partial charge in [0.15, 0.2) is 0 Å². The fourth-order valence-corrected chi connectivity index (χ4v) is 1.65. The van der Waals surface area contributed by atoms with Crippen LogP contribution in [0.25, 0.3) is 0 Å². The largest absolute Gasteiger partial charge is 0.478 e. The van der Waals surface area contributed by atoms with Crippen LogP contribution in [0.4, 0.5) is 0 Å². The molecule has 1 aromatic rings. The number of hydrogen-bond donors (Lipinski definition) is 1. The summed E-state index contributed by atoms with van der Waals surface area (Å²) in [7, 11) is 1.76. The minimum absolute atomic E-state index is 0.0326. The third kappa shape index (κ3) is 3.58. The second-order valence-corrected chi connectivity index (χ2v) is 4.56. The van der Waals surface area contributed by atoms with Gasteiger partial charge >= 0.3 is 5.97 Å². The lowest BCUT2D eigenvalue weighted by Gasteiger charge is -2.21. The lowest BCUT2D eigenvalue weighted by atomic mass is 10.0. The normalized spacial score (nSPS) is 10.4. The molecule has 1 N–H and O–H groups in total. The van der Waals surface area contributed by atoms with E-state index >= 15 is 0 Å². The number of carboxylic acids is 1. The van der Waals surface area contributed by atoms with Crippen molar-refractivity contribution in [3.05, 3.63) is 35.4 Å². The van der Waals surface area contributed by atoms with Crippen molar-refractivity contribution >= 4 is 11.9 Å². The molecule has 0 radical (unpaired) electrons. The molecule has 4 nitrogen and oxygen atoms in total.